The lowest BCUT2D eigenvalue weighted by Gasteiger charge is -2.42. The predicted molar refractivity (Wildman–Crippen MR) is 146 cm³/mol. The van der Waals surface area contributed by atoms with E-state index in [9.17, 15) is 13.2 Å². The second kappa shape index (κ2) is 12.3. The van der Waals surface area contributed by atoms with E-state index >= 15 is 0 Å². The van der Waals surface area contributed by atoms with Gasteiger partial charge in [-0.15, -0.1) is 0 Å². The van der Waals surface area contributed by atoms with E-state index in [2.05, 4.69) is 15.2 Å². The maximum Gasteiger partial charge on any atom is 0.296 e. The van der Waals surface area contributed by atoms with Crippen LogP contribution < -0.4 is 10.2 Å². The highest BCUT2D eigenvalue weighted by Crippen LogP contribution is 2.32. The molecule has 40 heavy (non-hydrogen) atoms. The van der Waals surface area contributed by atoms with E-state index in [-0.39, 0.29) is 18.5 Å². The summed E-state index contributed by atoms with van der Waals surface area (Å²) in [6.07, 6.45) is 1.35. The van der Waals surface area contributed by atoms with Crippen LogP contribution in [0.3, 0.4) is 0 Å². The highest BCUT2D eigenvalue weighted by Gasteiger charge is 2.32. The number of nitrogens with one attached hydrogen (secondary N) is 1. The van der Waals surface area contributed by atoms with Gasteiger partial charge < -0.3 is 19.7 Å². The van der Waals surface area contributed by atoms with E-state index in [1.165, 1.54) is 4.57 Å². The zero-order valence-electron chi connectivity index (χ0n) is 22.5. The van der Waals surface area contributed by atoms with E-state index in [4.69, 9.17) is 19.4 Å². The standard InChI is InChI=1S/C28H36F3N7O2/c29-16-21-18-40-14-11-37(21)20-7-5-19(6-8-20)17-32-24-15-25(35-28(34-24)36-9-12-39-13-10-36)38-23-4-2-1-3-22(23)33-27(38)26(30)31/h1-4,15,19-21,26H,5-14,16-18H2,(H,32,34,35)/t19-,20+,21-/m1/s1. The van der Waals surface area contributed by atoms with Gasteiger partial charge in [-0.3, -0.25) is 9.47 Å². The lowest BCUT2D eigenvalue weighted by molar-refractivity contribution is -0.0455. The van der Waals surface area contributed by atoms with E-state index in [0.29, 0.717) is 86.6 Å². The fraction of sp³-hybridized carbons (Fsp3) is 0.607. The number of benzene rings is 1. The Morgan fingerprint density at radius 2 is 1.73 bits per heavy atom. The molecule has 2 saturated heterocycles. The first-order chi connectivity index (χ1) is 19.6. The summed E-state index contributed by atoms with van der Waals surface area (Å²) in [4.78, 5) is 18.0. The average Bonchev–Trinajstić information content (AvgIpc) is 3.41. The molecule has 3 aromatic rings. The molecule has 0 radical (unpaired) electrons. The molecule has 216 valence electrons. The molecule has 0 unspecified atom stereocenters. The Morgan fingerprint density at radius 3 is 2.50 bits per heavy atom. The van der Waals surface area contributed by atoms with Crippen molar-refractivity contribution in [2.45, 2.75) is 44.2 Å². The molecule has 1 saturated carbocycles. The number of nitrogens with zero attached hydrogens (tertiary/aromatic N) is 6. The lowest BCUT2D eigenvalue weighted by atomic mass is 9.84. The summed E-state index contributed by atoms with van der Waals surface area (Å²) in [5.74, 6) is 1.53. The van der Waals surface area contributed by atoms with Gasteiger partial charge in [0.1, 0.15) is 18.3 Å². The maximum absolute atomic E-state index is 14.1. The molecule has 12 heteroatoms. The number of para-hydroxylation sites is 2. The van der Waals surface area contributed by atoms with Gasteiger partial charge in [0, 0.05) is 38.3 Å². The third kappa shape index (κ3) is 5.75. The van der Waals surface area contributed by atoms with Crippen molar-refractivity contribution in [2.24, 2.45) is 5.92 Å². The number of aromatic nitrogens is 4. The molecule has 9 nitrogen and oxygen atoms in total. The third-order valence-corrected chi connectivity index (χ3v) is 8.31. The molecular formula is C28H36F3N7O2. The fourth-order valence-electron chi connectivity index (χ4n) is 6.17. The zero-order chi connectivity index (χ0) is 27.5. The van der Waals surface area contributed by atoms with E-state index in [0.717, 1.165) is 32.2 Å². The van der Waals surface area contributed by atoms with Crippen molar-refractivity contribution < 1.29 is 22.6 Å². The van der Waals surface area contributed by atoms with Crippen molar-refractivity contribution in [3.8, 4) is 5.82 Å². The van der Waals surface area contributed by atoms with Crippen molar-refractivity contribution in [3.05, 3.63) is 36.2 Å². The van der Waals surface area contributed by atoms with E-state index in [1.807, 2.05) is 11.0 Å². The van der Waals surface area contributed by atoms with Crippen LogP contribution in [0.2, 0.25) is 0 Å². The van der Waals surface area contributed by atoms with Crippen LogP contribution in [0.5, 0.6) is 0 Å². The predicted octanol–water partition coefficient (Wildman–Crippen LogP) is 4.23. The zero-order valence-corrected chi connectivity index (χ0v) is 22.5. The Morgan fingerprint density at radius 1 is 0.950 bits per heavy atom. The second-order valence-corrected chi connectivity index (χ2v) is 10.8. The van der Waals surface area contributed by atoms with Crippen molar-refractivity contribution in [1.29, 1.82) is 0 Å². The quantitative estimate of drug-likeness (QED) is 0.439. The summed E-state index contributed by atoms with van der Waals surface area (Å²) in [6.45, 7) is 4.64. The topological polar surface area (TPSA) is 80.6 Å². The first-order valence-electron chi connectivity index (χ1n) is 14.2. The van der Waals surface area contributed by atoms with Gasteiger partial charge in [0.05, 0.1) is 43.5 Å². The van der Waals surface area contributed by atoms with Crippen LogP contribution in [-0.2, 0) is 9.47 Å². The Bertz CT molecular complexity index is 1280. The van der Waals surface area contributed by atoms with E-state index < -0.39 is 6.43 Å². The average molecular weight is 560 g/mol. The van der Waals surface area contributed by atoms with Gasteiger partial charge in [0.2, 0.25) is 5.95 Å². The minimum absolute atomic E-state index is 0.135. The summed E-state index contributed by atoms with van der Waals surface area (Å²) >= 11 is 0. The number of alkyl halides is 3. The first kappa shape index (κ1) is 27.2. The Labute approximate surface area is 231 Å². The normalized spacial score (nSPS) is 24.6. The molecule has 1 N–H and O–H groups in total. The van der Waals surface area contributed by atoms with Gasteiger partial charge in [-0.2, -0.15) is 9.97 Å². The highest BCUT2D eigenvalue weighted by atomic mass is 19.3. The molecule has 2 aromatic heterocycles. The van der Waals surface area contributed by atoms with Crippen molar-refractivity contribution in [2.75, 3.05) is 69.5 Å². The van der Waals surface area contributed by atoms with Crippen LogP contribution in [0.1, 0.15) is 37.9 Å². The number of hydrogen-bond acceptors (Lipinski definition) is 8. The summed E-state index contributed by atoms with van der Waals surface area (Å²) in [7, 11) is 0. The number of morpholine rings is 2. The summed E-state index contributed by atoms with van der Waals surface area (Å²) in [5, 5.41) is 3.48. The molecule has 6 rings (SSSR count). The van der Waals surface area contributed by atoms with Gasteiger partial charge >= 0.3 is 0 Å². The molecule has 3 fully saturated rings. The third-order valence-electron chi connectivity index (χ3n) is 8.31. The molecule has 0 amide bonds. The van der Waals surface area contributed by atoms with Gasteiger partial charge in [0.15, 0.2) is 5.82 Å². The van der Waals surface area contributed by atoms with E-state index in [1.54, 1.807) is 24.3 Å². The smallest absolute Gasteiger partial charge is 0.296 e. The number of halogens is 3. The lowest BCUT2D eigenvalue weighted by Crippen LogP contribution is -2.52. The maximum atomic E-state index is 14.1. The van der Waals surface area contributed by atoms with Crippen LogP contribution in [0.4, 0.5) is 24.9 Å². The van der Waals surface area contributed by atoms with Crippen LogP contribution in [0.15, 0.2) is 30.3 Å². The highest BCUT2D eigenvalue weighted by molar-refractivity contribution is 5.78. The second-order valence-electron chi connectivity index (χ2n) is 10.8. The summed E-state index contributed by atoms with van der Waals surface area (Å²) in [5.41, 5.74) is 1.06. The molecule has 4 heterocycles. The molecule has 1 aromatic carbocycles. The molecule has 3 aliphatic rings. The Kier molecular flexibility index (Phi) is 8.35. The monoisotopic (exact) mass is 559 g/mol. The Balaban J connectivity index is 1.22. The molecule has 1 aliphatic carbocycles. The minimum Gasteiger partial charge on any atom is -0.378 e. The molecule has 0 spiro atoms. The largest absolute Gasteiger partial charge is 0.378 e. The summed E-state index contributed by atoms with van der Waals surface area (Å²) < 4.78 is 54.2. The summed E-state index contributed by atoms with van der Waals surface area (Å²) in [6, 6.07) is 9.08. The van der Waals surface area contributed by atoms with Gasteiger partial charge in [-0.05, 0) is 43.7 Å². The molecule has 1 atom stereocenters. The fourth-order valence-corrected chi connectivity index (χ4v) is 6.17. The molecular weight excluding hydrogens is 523 g/mol. The van der Waals surface area contributed by atoms with Crippen LogP contribution >= 0.6 is 0 Å². The van der Waals surface area contributed by atoms with Gasteiger partial charge in [-0.1, -0.05) is 12.1 Å². The van der Waals surface area contributed by atoms with Crippen LogP contribution in [0, 0.1) is 5.92 Å². The van der Waals surface area contributed by atoms with Crippen LogP contribution in [0.25, 0.3) is 16.9 Å². The molecule has 0 bridgehead atoms. The SMILES string of the molecule is FC[C@@H]1COCCN1[C@H]1CC[C@@H](CNc2cc(-n3c(C(F)F)nc4ccccc43)nc(N3CCOCC3)n2)CC1. The first-order valence-corrected chi connectivity index (χ1v) is 14.2. The number of imidazole rings is 1. The number of anilines is 2. The number of fused-ring (bicyclic) bond motifs is 1. The number of rotatable bonds is 8. The van der Waals surface area contributed by atoms with Crippen molar-refractivity contribution in [3.63, 3.8) is 0 Å². The Hall–Kier alpha value is -2.96. The van der Waals surface area contributed by atoms with Gasteiger partial charge in [-0.25, -0.2) is 18.2 Å². The van der Waals surface area contributed by atoms with Crippen LogP contribution in [-0.4, -0.2) is 95.8 Å². The molecule has 2 aliphatic heterocycles. The van der Waals surface area contributed by atoms with Gasteiger partial charge in [0.25, 0.3) is 6.43 Å². The van der Waals surface area contributed by atoms with Crippen molar-refractivity contribution >= 4 is 22.8 Å². The number of ether oxygens (including phenoxy) is 2. The number of hydrogen-bond donors (Lipinski definition) is 1. The van der Waals surface area contributed by atoms with Crippen molar-refractivity contribution in [1.82, 2.24) is 24.4 Å². The minimum atomic E-state index is -2.76.